The maximum Gasteiger partial charge on any atom is 0.410 e. The summed E-state index contributed by atoms with van der Waals surface area (Å²) in [5, 5.41) is 3.24. The summed E-state index contributed by atoms with van der Waals surface area (Å²) in [5.74, 6) is 0. The van der Waals surface area contributed by atoms with E-state index in [1.807, 2.05) is 62.4 Å². The fraction of sp³-hybridized carbons (Fsp3) is 0.905. The van der Waals surface area contributed by atoms with E-state index in [0.29, 0.717) is 43.5 Å². The van der Waals surface area contributed by atoms with Crippen LogP contribution in [0.3, 0.4) is 0 Å². The van der Waals surface area contributed by atoms with Crippen LogP contribution in [0.2, 0.25) is 0 Å². The van der Waals surface area contributed by atoms with E-state index in [1.54, 1.807) is 44.7 Å². The number of carbonyl (C=O) groups excluding carboxylic acids is 4. The molecule has 0 aliphatic rings. The molecule has 0 aromatic heterocycles. The van der Waals surface area contributed by atoms with Crippen LogP contribution in [0.1, 0.15) is 137 Å². The van der Waals surface area contributed by atoms with Gasteiger partial charge in [-0.1, -0.05) is 41.0 Å². The number of nitrogens with zero attached hydrogens (tertiary/aromatic N) is 5. The number of unbranched alkanes of at least 4 members (excludes halogenated alkanes) is 1. The van der Waals surface area contributed by atoms with Gasteiger partial charge in [0.1, 0.15) is 23.1 Å². The monoisotopic (exact) mass is 808 g/mol. The van der Waals surface area contributed by atoms with Crippen LogP contribution in [0.25, 0.3) is 0 Å². The van der Waals surface area contributed by atoms with E-state index in [0.717, 1.165) is 13.1 Å². The van der Waals surface area contributed by atoms with Crippen LogP contribution in [-0.2, 0) is 19.0 Å². The maximum atomic E-state index is 11.6. The van der Waals surface area contributed by atoms with Crippen LogP contribution in [-0.4, -0.2) is 165 Å². The van der Waals surface area contributed by atoms with Crippen LogP contribution in [0.4, 0.5) is 14.4 Å². The molecule has 0 aromatic carbocycles. The van der Waals surface area contributed by atoms with Crippen LogP contribution in [0.15, 0.2) is 0 Å². The number of ether oxygens (including phenoxy) is 3. The lowest BCUT2D eigenvalue weighted by molar-refractivity contribution is -0.108. The highest BCUT2D eigenvalue weighted by molar-refractivity contribution is 5.71. The molecule has 3 N–H and O–H groups in total. The lowest BCUT2D eigenvalue weighted by atomic mass is 10.2. The summed E-state index contributed by atoms with van der Waals surface area (Å²) < 4.78 is 15.5. The molecule has 14 nitrogen and oxygen atoms in total. The molecule has 0 rings (SSSR count). The Morgan fingerprint density at radius 3 is 1.20 bits per heavy atom. The Morgan fingerprint density at radius 1 is 0.589 bits per heavy atom. The van der Waals surface area contributed by atoms with Crippen molar-refractivity contribution in [3.05, 3.63) is 0 Å². The third-order valence-electron chi connectivity index (χ3n) is 6.88. The van der Waals surface area contributed by atoms with E-state index in [1.165, 1.54) is 31.3 Å². The number of hydrogen-bond acceptors (Lipinski definition) is 11. The summed E-state index contributed by atoms with van der Waals surface area (Å²) >= 11 is 0. The first-order valence-electron chi connectivity index (χ1n) is 20.3. The number of nitrogens with two attached hydrogens (primary N) is 1. The maximum absolute atomic E-state index is 11.6. The molecule has 0 unspecified atom stereocenters. The zero-order chi connectivity index (χ0) is 45.6. The first kappa shape index (κ1) is 62.5. The van der Waals surface area contributed by atoms with Crippen molar-refractivity contribution >= 4 is 24.6 Å². The van der Waals surface area contributed by atoms with E-state index in [9.17, 15) is 19.2 Å². The van der Waals surface area contributed by atoms with Crippen molar-refractivity contribution in [1.82, 2.24) is 29.8 Å². The van der Waals surface area contributed by atoms with Crippen molar-refractivity contribution in [3.63, 3.8) is 0 Å². The van der Waals surface area contributed by atoms with Crippen LogP contribution in [0, 0.1) is 0 Å². The van der Waals surface area contributed by atoms with Gasteiger partial charge >= 0.3 is 18.3 Å². The minimum Gasteiger partial charge on any atom is -0.444 e. The number of hydrogen-bond donors (Lipinski definition) is 2. The van der Waals surface area contributed by atoms with Gasteiger partial charge < -0.3 is 54.6 Å². The molecule has 0 aliphatic heterocycles. The van der Waals surface area contributed by atoms with Gasteiger partial charge in [-0.25, -0.2) is 14.4 Å². The van der Waals surface area contributed by atoms with Gasteiger partial charge in [0.05, 0.1) is 6.54 Å². The van der Waals surface area contributed by atoms with Gasteiger partial charge in [-0.05, 0) is 123 Å². The molecule has 0 spiro atoms. The predicted molar refractivity (Wildman–Crippen MR) is 236 cm³/mol. The van der Waals surface area contributed by atoms with E-state index in [2.05, 4.69) is 70.6 Å². The largest absolute Gasteiger partial charge is 0.444 e. The van der Waals surface area contributed by atoms with Crippen molar-refractivity contribution < 1.29 is 33.4 Å². The Bertz CT molecular complexity index is 987. The van der Waals surface area contributed by atoms with Gasteiger partial charge in [-0.2, -0.15) is 0 Å². The summed E-state index contributed by atoms with van der Waals surface area (Å²) in [7, 11) is 9.26. The molecule has 56 heavy (non-hydrogen) atoms. The SMILES string of the molecule is CC(C)N.CC(C)N(C)CCN(C)C(=O)OC(C)(C)C.CC(C)NCCN(C)C(=O)OC(C)(C)C.CCCCN(C)C(C)C.CN(CC=O)C(=O)OC(C)(C)C. The van der Waals surface area contributed by atoms with E-state index < -0.39 is 22.9 Å². The Balaban J connectivity index is -0.000000203. The highest BCUT2D eigenvalue weighted by Gasteiger charge is 2.21. The molecule has 3 amide bonds. The number of carbonyl (C=O) groups is 4. The summed E-state index contributed by atoms with van der Waals surface area (Å²) in [4.78, 5) is 53.3. The lowest BCUT2D eigenvalue weighted by Crippen LogP contribution is -2.39. The summed E-state index contributed by atoms with van der Waals surface area (Å²) in [6, 6.07) is 1.97. The smallest absolute Gasteiger partial charge is 0.410 e. The normalized spacial score (nSPS) is 11.3. The molecule has 0 heterocycles. The van der Waals surface area contributed by atoms with E-state index in [-0.39, 0.29) is 18.7 Å². The summed E-state index contributed by atoms with van der Waals surface area (Å²) in [5.41, 5.74) is 3.76. The molecule has 0 saturated heterocycles. The Hall–Kier alpha value is -2.68. The molecule has 0 radical (unpaired) electrons. The molecular formula is C42H93N7O7. The molecule has 0 aromatic rings. The van der Waals surface area contributed by atoms with Gasteiger partial charge in [-0.15, -0.1) is 0 Å². The number of likely N-dealkylation sites (N-methyl/N-ethyl adjacent to an activating group) is 4. The van der Waals surface area contributed by atoms with E-state index >= 15 is 0 Å². The summed E-state index contributed by atoms with van der Waals surface area (Å²) in [6.07, 6.45) is 2.28. The number of aldehydes is 1. The topological polar surface area (TPSA) is 150 Å². The number of amides is 3. The predicted octanol–water partition coefficient (Wildman–Crippen LogP) is 7.58. The van der Waals surface area contributed by atoms with Crippen molar-refractivity contribution in [1.29, 1.82) is 0 Å². The van der Waals surface area contributed by atoms with Gasteiger partial charge in [0, 0.05) is 65.4 Å². The van der Waals surface area contributed by atoms with E-state index in [4.69, 9.17) is 19.9 Å². The molecule has 0 atom stereocenters. The first-order valence-corrected chi connectivity index (χ1v) is 20.3. The lowest BCUT2D eigenvalue weighted by Gasteiger charge is -2.27. The Morgan fingerprint density at radius 2 is 0.911 bits per heavy atom. The highest BCUT2D eigenvalue weighted by atomic mass is 16.6. The average molecular weight is 808 g/mol. The van der Waals surface area contributed by atoms with Crippen molar-refractivity contribution in [2.24, 2.45) is 5.73 Å². The fourth-order valence-corrected chi connectivity index (χ4v) is 3.14. The van der Waals surface area contributed by atoms with Gasteiger partial charge in [0.25, 0.3) is 0 Å². The van der Waals surface area contributed by atoms with Gasteiger partial charge in [-0.3, -0.25) is 0 Å². The van der Waals surface area contributed by atoms with Gasteiger partial charge in [0.15, 0.2) is 0 Å². The fourth-order valence-electron chi connectivity index (χ4n) is 3.14. The van der Waals surface area contributed by atoms with Crippen LogP contribution >= 0.6 is 0 Å². The first-order chi connectivity index (χ1) is 25.1. The Labute approximate surface area is 345 Å². The van der Waals surface area contributed by atoms with Crippen LogP contribution in [0.5, 0.6) is 0 Å². The second kappa shape index (κ2) is 33.3. The van der Waals surface area contributed by atoms with Crippen LogP contribution < -0.4 is 11.1 Å². The van der Waals surface area contributed by atoms with Crippen molar-refractivity contribution in [2.75, 3.05) is 74.5 Å². The molecule has 338 valence electrons. The molecule has 0 saturated carbocycles. The quantitative estimate of drug-likeness (QED) is 0.132. The minimum atomic E-state index is -0.506. The second-order valence-electron chi connectivity index (χ2n) is 18.2. The Kier molecular flexibility index (Phi) is 37.2. The van der Waals surface area contributed by atoms with Crippen molar-refractivity contribution in [3.8, 4) is 0 Å². The standard InChI is InChI=1S/C12H26N2O2.C11H24N2O2.C8H15NO3.C8H19N.C3H9N/c1-10(2)13(6)8-9-14(7)11(15)16-12(3,4)5;1-9(2)12-7-8-13(6)10(14)15-11(3,4)5;1-8(2,3)12-7(11)9(4)5-6-10;1-5-6-7-9(4)8(2)3;1-3(2)4/h10H,8-9H2,1-7H3;9,12H,7-8H2,1-6H3;6H,5H2,1-4H3;8H,5-7H2,1-4H3;3H,4H2,1-2H3. The third-order valence-corrected chi connectivity index (χ3v) is 6.88. The molecule has 0 aliphatic carbocycles. The third kappa shape index (κ3) is 51.3. The highest BCUT2D eigenvalue weighted by Crippen LogP contribution is 2.10. The summed E-state index contributed by atoms with van der Waals surface area (Å²) in [6.45, 7) is 39.8. The van der Waals surface area contributed by atoms with Gasteiger partial charge in [0.2, 0.25) is 0 Å². The second-order valence-corrected chi connectivity index (χ2v) is 18.2. The zero-order valence-corrected chi connectivity index (χ0v) is 40.7. The average Bonchev–Trinajstić information content (AvgIpc) is 3.00. The number of rotatable bonds is 14. The number of nitrogens with one attached hydrogen (secondary N) is 1. The molecular weight excluding hydrogens is 715 g/mol. The van der Waals surface area contributed by atoms with Crippen molar-refractivity contribution in [2.45, 2.75) is 178 Å². The molecule has 0 fully saturated rings. The molecule has 14 heteroatoms. The minimum absolute atomic E-state index is 0.0644. The zero-order valence-electron chi connectivity index (χ0n) is 40.7. The molecule has 0 bridgehead atoms.